The third-order valence-corrected chi connectivity index (χ3v) is 12.2. The molecule has 31 heavy (non-hydrogen) atoms. The van der Waals surface area contributed by atoms with Gasteiger partial charge in [-0.25, -0.2) is 0 Å². The highest BCUT2D eigenvalue weighted by Crippen LogP contribution is 2.51. The quantitative estimate of drug-likeness (QED) is 0.226. The molecule has 0 unspecified atom stereocenters. The van der Waals surface area contributed by atoms with Gasteiger partial charge >= 0.3 is 11.9 Å². The molecular formula is C25H42O5Si. The van der Waals surface area contributed by atoms with Crippen LogP contribution in [0, 0.1) is 23.2 Å². The van der Waals surface area contributed by atoms with Gasteiger partial charge in [0.1, 0.15) is 0 Å². The molecule has 0 bridgehead atoms. The number of fused-ring (bicyclic) bond motifs is 1. The van der Waals surface area contributed by atoms with Crippen molar-refractivity contribution in [1.82, 2.24) is 0 Å². The highest BCUT2D eigenvalue weighted by molar-refractivity contribution is 6.74. The average Bonchev–Trinajstić information content (AvgIpc) is 3.02. The van der Waals surface area contributed by atoms with Crippen LogP contribution in [0.2, 0.25) is 18.1 Å². The zero-order chi connectivity index (χ0) is 23.6. The number of carbonyl (C=O) groups is 2. The van der Waals surface area contributed by atoms with E-state index in [1.54, 1.807) is 0 Å². The summed E-state index contributed by atoms with van der Waals surface area (Å²) < 4.78 is 16.7. The van der Waals surface area contributed by atoms with E-state index in [-0.39, 0.29) is 16.9 Å². The third kappa shape index (κ3) is 5.51. The summed E-state index contributed by atoms with van der Waals surface area (Å²) >= 11 is 0. The maximum absolute atomic E-state index is 12.7. The minimum atomic E-state index is -1.87. The van der Waals surface area contributed by atoms with Crippen molar-refractivity contribution in [2.75, 3.05) is 20.8 Å². The monoisotopic (exact) mass is 450 g/mol. The molecule has 0 aromatic rings. The first-order chi connectivity index (χ1) is 14.3. The van der Waals surface area contributed by atoms with Crippen LogP contribution < -0.4 is 0 Å². The maximum atomic E-state index is 12.7. The Balaban J connectivity index is 2.35. The van der Waals surface area contributed by atoms with E-state index < -0.39 is 25.7 Å². The van der Waals surface area contributed by atoms with E-state index in [0.717, 1.165) is 12.8 Å². The Morgan fingerprint density at radius 2 is 1.71 bits per heavy atom. The fourth-order valence-electron chi connectivity index (χ4n) is 4.54. The van der Waals surface area contributed by atoms with Gasteiger partial charge in [0, 0.05) is 0 Å². The molecule has 0 aliphatic heterocycles. The summed E-state index contributed by atoms with van der Waals surface area (Å²) in [7, 11) is 0.827. The van der Waals surface area contributed by atoms with Gasteiger partial charge in [-0.05, 0) is 67.1 Å². The lowest BCUT2D eigenvalue weighted by atomic mass is 9.83. The van der Waals surface area contributed by atoms with Crippen LogP contribution in [0.4, 0.5) is 0 Å². The lowest BCUT2D eigenvalue weighted by molar-refractivity contribution is -0.169. The molecule has 0 amide bonds. The van der Waals surface area contributed by atoms with Crippen LogP contribution in [0.25, 0.3) is 0 Å². The van der Waals surface area contributed by atoms with Crippen LogP contribution in [0.3, 0.4) is 0 Å². The maximum Gasteiger partial charge on any atom is 0.323 e. The summed E-state index contributed by atoms with van der Waals surface area (Å²) in [6.45, 7) is 16.3. The summed E-state index contributed by atoms with van der Waals surface area (Å²) in [5.74, 6) is -0.222. The first kappa shape index (κ1) is 25.9. The van der Waals surface area contributed by atoms with Crippen LogP contribution in [-0.2, 0) is 23.5 Å². The molecule has 2 atom stereocenters. The van der Waals surface area contributed by atoms with E-state index in [1.807, 2.05) is 0 Å². The van der Waals surface area contributed by atoms with Gasteiger partial charge in [0.15, 0.2) is 13.7 Å². The van der Waals surface area contributed by atoms with Crippen molar-refractivity contribution in [1.29, 1.82) is 0 Å². The standard InChI is InChI=1S/C25H42O5Si/c1-17(2)19-11-10-18(16-30-31(8,9)24(3,4)5)12-20-14-25(22(26)28-6,23(27)29-7)15-21(20)13-19/h10,13,17,20-21H,11-12,14-16H2,1-9H3/b18-10+,19-13+/t20-,21+/m0/s1. The van der Waals surface area contributed by atoms with Gasteiger partial charge in [0.2, 0.25) is 0 Å². The van der Waals surface area contributed by atoms with E-state index in [1.165, 1.54) is 25.4 Å². The van der Waals surface area contributed by atoms with Gasteiger partial charge in [0.25, 0.3) is 0 Å². The van der Waals surface area contributed by atoms with Crippen LogP contribution in [0.1, 0.15) is 60.3 Å². The molecular weight excluding hydrogens is 408 g/mol. The molecule has 2 rings (SSSR count). The van der Waals surface area contributed by atoms with Crippen molar-refractivity contribution in [2.24, 2.45) is 23.2 Å². The molecule has 1 fully saturated rings. The number of ether oxygens (including phenoxy) is 2. The van der Waals surface area contributed by atoms with E-state index >= 15 is 0 Å². The lowest BCUT2D eigenvalue weighted by Crippen LogP contribution is -2.41. The largest absolute Gasteiger partial charge is 0.468 e. The Morgan fingerprint density at radius 1 is 1.13 bits per heavy atom. The van der Waals surface area contributed by atoms with Gasteiger partial charge < -0.3 is 13.9 Å². The Bertz CT molecular complexity index is 726. The summed E-state index contributed by atoms with van der Waals surface area (Å²) in [5, 5.41) is 0.152. The number of rotatable bonds is 6. The third-order valence-electron chi connectivity index (χ3n) is 7.70. The Labute approximate surface area is 189 Å². The smallest absolute Gasteiger partial charge is 0.323 e. The summed E-state index contributed by atoms with van der Waals surface area (Å²) in [5.41, 5.74) is 1.41. The highest BCUT2D eigenvalue weighted by Gasteiger charge is 2.57. The Kier molecular flexibility index (Phi) is 8.02. The van der Waals surface area contributed by atoms with Gasteiger partial charge in [-0.1, -0.05) is 52.3 Å². The van der Waals surface area contributed by atoms with Crippen molar-refractivity contribution in [2.45, 2.75) is 78.4 Å². The lowest BCUT2D eigenvalue weighted by Gasteiger charge is -2.37. The molecule has 6 heteroatoms. The molecule has 0 aromatic heterocycles. The second kappa shape index (κ2) is 9.61. The number of esters is 2. The predicted octanol–water partition coefficient (Wildman–Crippen LogP) is 5.67. The van der Waals surface area contributed by atoms with Crippen molar-refractivity contribution in [3.8, 4) is 0 Å². The fraction of sp³-hybridized carbons (Fsp3) is 0.760. The molecule has 176 valence electrons. The number of carbonyl (C=O) groups excluding carboxylic acids is 2. The molecule has 2 aliphatic carbocycles. The number of allylic oxidation sites excluding steroid dienone is 3. The SMILES string of the molecule is COC(=O)C1(C(=O)OC)C[C@@H]2C/C(CO[Si](C)(C)C(C)(C)C)=C\C/C(C(C)C)=C\[C@@H]2C1. The first-order valence-corrected chi connectivity index (χ1v) is 14.4. The normalized spacial score (nSPS) is 27.3. The molecule has 2 aliphatic rings. The van der Waals surface area contributed by atoms with Gasteiger partial charge in [-0.2, -0.15) is 0 Å². The number of hydrogen-bond acceptors (Lipinski definition) is 5. The van der Waals surface area contributed by atoms with Gasteiger partial charge in [0.05, 0.1) is 20.8 Å². The van der Waals surface area contributed by atoms with Gasteiger partial charge in [-0.3, -0.25) is 9.59 Å². The van der Waals surface area contributed by atoms with Crippen molar-refractivity contribution in [3.63, 3.8) is 0 Å². The summed E-state index contributed by atoms with van der Waals surface area (Å²) in [6.07, 6.45) is 7.24. The molecule has 1 saturated carbocycles. The predicted molar refractivity (Wildman–Crippen MR) is 126 cm³/mol. The van der Waals surface area contributed by atoms with Crippen LogP contribution in [0.15, 0.2) is 23.3 Å². The highest BCUT2D eigenvalue weighted by atomic mass is 28.4. The Morgan fingerprint density at radius 3 is 2.19 bits per heavy atom. The van der Waals surface area contributed by atoms with Crippen molar-refractivity contribution in [3.05, 3.63) is 23.3 Å². The van der Waals surface area contributed by atoms with E-state index in [0.29, 0.717) is 25.4 Å². The molecule has 5 nitrogen and oxygen atoms in total. The second-order valence-corrected chi connectivity index (χ2v) is 15.9. The summed E-state index contributed by atoms with van der Waals surface area (Å²) in [6, 6.07) is 0. The zero-order valence-corrected chi connectivity index (χ0v) is 22.0. The zero-order valence-electron chi connectivity index (χ0n) is 21.0. The minimum Gasteiger partial charge on any atom is -0.468 e. The molecule has 0 aromatic carbocycles. The Hall–Kier alpha value is -1.40. The number of methoxy groups -OCH3 is 2. The van der Waals surface area contributed by atoms with Gasteiger partial charge in [-0.15, -0.1) is 0 Å². The minimum absolute atomic E-state index is 0.146. The molecule has 0 radical (unpaired) electrons. The molecule has 0 N–H and O–H groups in total. The molecule has 0 heterocycles. The second-order valence-electron chi connectivity index (χ2n) is 11.1. The van der Waals surface area contributed by atoms with E-state index in [2.05, 4.69) is 59.9 Å². The first-order valence-electron chi connectivity index (χ1n) is 11.5. The van der Waals surface area contributed by atoms with E-state index in [4.69, 9.17) is 13.9 Å². The molecule has 0 spiro atoms. The number of hydrogen-bond donors (Lipinski definition) is 0. The van der Waals surface area contributed by atoms with E-state index in [9.17, 15) is 9.59 Å². The average molecular weight is 451 g/mol. The van der Waals surface area contributed by atoms with Crippen LogP contribution in [-0.4, -0.2) is 41.1 Å². The topological polar surface area (TPSA) is 61.8 Å². The summed E-state index contributed by atoms with van der Waals surface area (Å²) in [4.78, 5) is 25.5. The fourth-order valence-corrected chi connectivity index (χ4v) is 5.52. The van der Waals surface area contributed by atoms with Crippen LogP contribution in [0.5, 0.6) is 0 Å². The molecule has 0 saturated heterocycles. The van der Waals surface area contributed by atoms with Crippen molar-refractivity contribution < 1.29 is 23.5 Å². The van der Waals surface area contributed by atoms with Crippen LogP contribution >= 0.6 is 0 Å². The van der Waals surface area contributed by atoms with Crippen molar-refractivity contribution >= 4 is 20.3 Å².